The van der Waals surface area contributed by atoms with Gasteiger partial charge < -0.3 is 0 Å². The first-order chi connectivity index (χ1) is 7.16. The highest BCUT2D eigenvalue weighted by Gasteiger charge is 2.28. The minimum Gasteiger partial charge on any atom is -0.0602 e. The number of hydrogen-bond acceptors (Lipinski definition) is 0. The van der Waals surface area contributed by atoms with Crippen molar-refractivity contribution in [1.29, 1.82) is 0 Å². The van der Waals surface area contributed by atoms with Crippen molar-refractivity contribution in [1.82, 2.24) is 0 Å². The van der Waals surface area contributed by atoms with Gasteiger partial charge in [0.15, 0.2) is 0 Å². The molecule has 1 rings (SSSR count). The lowest BCUT2D eigenvalue weighted by atomic mass is 9.82. The van der Waals surface area contributed by atoms with Crippen molar-refractivity contribution in [3.05, 3.63) is 0 Å². The number of rotatable bonds is 3. The summed E-state index contributed by atoms with van der Waals surface area (Å²) in [6.45, 7) is 14.3. The van der Waals surface area contributed by atoms with E-state index in [4.69, 9.17) is 0 Å². The molecule has 0 aromatic heterocycles. The lowest BCUT2D eigenvalue weighted by Crippen LogP contribution is -2.12. The molecule has 0 aromatic carbocycles. The van der Waals surface area contributed by atoms with Gasteiger partial charge in [-0.25, -0.2) is 0 Å². The van der Waals surface area contributed by atoms with E-state index in [1.807, 2.05) is 0 Å². The molecular weight excluding hydrogens is 192 g/mol. The Balaban J connectivity index is 2.25. The Morgan fingerprint density at radius 3 is 1.88 bits per heavy atom. The SMILES string of the molecule is CC(C)(C)CCC1CC[C@@H](CC(C)(C)C)C1. The molecule has 0 radical (unpaired) electrons. The summed E-state index contributed by atoms with van der Waals surface area (Å²) in [7, 11) is 0. The second-order valence-electron chi connectivity index (χ2n) is 8.41. The van der Waals surface area contributed by atoms with Gasteiger partial charge in [0.25, 0.3) is 0 Å². The summed E-state index contributed by atoms with van der Waals surface area (Å²) in [5.74, 6) is 2.05. The molecule has 0 nitrogen and oxygen atoms in total. The highest BCUT2D eigenvalue weighted by atomic mass is 14.3. The topological polar surface area (TPSA) is 0 Å². The standard InChI is InChI=1S/C16H32/c1-15(2,3)10-9-13-7-8-14(11-13)12-16(4,5)6/h13-14H,7-12H2,1-6H3/t13?,14-/m1/s1. The van der Waals surface area contributed by atoms with E-state index in [1.165, 1.54) is 38.5 Å². The van der Waals surface area contributed by atoms with Gasteiger partial charge in [0.05, 0.1) is 0 Å². The maximum Gasteiger partial charge on any atom is -0.0380 e. The van der Waals surface area contributed by atoms with Gasteiger partial charge in [-0.3, -0.25) is 0 Å². The van der Waals surface area contributed by atoms with Crippen LogP contribution in [-0.2, 0) is 0 Å². The minimum atomic E-state index is 0.530. The molecule has 1 fully saturated rings. The Morgan fingerprint density at radius 2 is 1.38 bits per heavy atom. The Labute approximate surface area is 103 Å². The van der Waals surface area contributed by atoms with Crippen LogP contribution in [0.25, 0.3) is 0 Å². The van der Waals surface area contributed by atoms with E-state index in [0.29, 0.717) is 10.8 Å². The van der Waals surface area contributed by atoms with E-state index >= 15 is 0 Å². The molecule has 16 heavy (non-hydrogen) atoms. The van der Waals surface area contributed by atoms with Crippen molar-refractivity contribution in [2.45, 2.75) is 80.1 Å². The van der Waals surface area contributed by atoms with E-state index in [0.717, 1.165) is 11.8 Å². The van der Waals surface area contributed by atoms with E-state index in [-0.39, 0.29) is 0 Å². The second-order valence-corrected chi connectivity index (χ2v) is 8.41. The first kappa shape index (κ1) is 14.1. The summed E-state index contributed by atoms with van der Waals surface area (Å²) in [4.78, 5) is 0. The van der Waals surface area contributed by atoms with Crippen LogP contribution in [0.1, 0.15) is 80.1 Å². The molecular formula is C16H32. The van der Waals surface area contributed by atoms with Crippen molar-refractivity contribution in [3.8, 4) is 0 Å². The van der Waals surface area contributed by atoms with Crippen LogP contribution >= 0.6 is 0 Å². The zero-order valence-electron chi connectivity index (χ0n) is 12.4. The maximum atomic E-state index is 2.38. The van der Waals surface area contributed by atoms with Gasteiger partial charge >= 0.3 is 0 Å². The highest BCUT2D eigenvalue weighted by molar-refractivity contribution is 4.80. The van der Waals surface area contributed by atoms with Gasteiger partial charge in [0.2, 0.25) is 0 Å². The van der Waals surface area contributed by atoms with Crippen LogP contribution in [0, 0.1) is 22.7 Å². The highest BCUT2D eigenvalue weighted by Crippen LogP contribution is 2.41. The Hall–Kier alpha value is 0. The third kappa shape index (κ3) is 5.92. The molecule has 0 heteroatoms. The summed E-state index contributed by atoms with van der Waals surface area (Å²) >= 11 is 0. The fourth-order valence-corrected chi connectivity index (χ4v) is 3.13. The van der Waals surface area contributed by atoms with Crippen molar-refractivity contribution >= 4 is 0 Å². The van der Waals surface area contributed by atoms with Crippen LogP contribution < -0.4 is 0 Å². The van der Waals surface area contributed by atoms with Gasteiger partial charge in [-0.1, -0.05) is 54.4 Å². The van der Waals surface area contributed by atoms with E-state index < -0.39 is 0 Å². The Morgan fingerprint density at radius 1 is 0.812 bits per heavy atom. The van der Waals surface area contributed by atoms with Gasteiger partial charge in [0, 0.05) is 0 Å². The molecule has 0 spiro atoms. The number of hydrogen-bond donors (Lipinski definition) is 0. The minimum absolute atomic E-state index is 0.530. The second kappa shape index (κ2) is 5.10. The predicted molar refractivity (Wildman–Crippen MR) is 73.6 cm³/mol. The van der Waals surface area contributed by atoms with E-state index in [1.54, 1.807) is 0 Å². The van der Waals surface area contributed by atoms with E-state index in [9.17, 15) is 0 Å². The Kier molecular flexibility index (Phi) is 4.49. The van der Waals surface area contributed by atoms with Crippen LogP contribution in [0.4, 0.5) is 0 Å². The fourth-order valence-electron chi connectivity index (χ4n) is 3.13. The van der Waals surface area contributed by atoms with Crippen molar-refractivity contribution < 1.29 is 0 Å². The zero-order valence-corrected chi connectivity index (χ0v) is 12.4. The van der Waals surface area contributed by atoms with Gasteiger partial charge in [0.1, 0.15) is 0 Å². The molecule has 0 N–H and O–H groups in total. The van der Waals surface area contributed by atoms with Crippen LogP contribution in [0.3, 0.4) is 0 Å². The molecule has 1 unspecified atom stereocenters. The lowest BCUT2D eigenvalue weighted by Gasteiger charge is -2.23. The van der Waals surface area contributed by atoms with Gasteiger partial charge in [-0.2, -0.15) is 0 Å². The molecule has 1 aliphatic rings. The van der Waals surface area contributed by atoms with Crippen LogP contribution in [0.2, 0.25) is 0 Å². The normalized spacial score (nSPS) is 27.4. The third-order valence-corrected chi connectivity index (χ3v) is 3.85. The first-order valence-corrected chi connectivity index (χ1v) is 7.16. The van der Waals surface area contributed by atoms with Gasteiger partial charge in [-0.15, -0.1) is 0 Å². The molecule has 1 saturated carbocycles. The summed E-state index contributed by atoms with van der Waals surface area (Å²) in [5.41, 5.74) is 1.06. The third-order valence-electron chi connectivity index (χ3n) is 3.85. The lowest BCUT2D eigenvalue weighted by molar-refractivity contribution is 0.280. The predicted octanol–water partition coefficient (Wildman–Crippen LogP) is 5.67. The molecule has 0 aromatic rings. The molecule has 0 aliphatic heterocycles. The largest absolute Gasteiger partial charge is 0.0602 e. The average molecular weight is 224 g/mol. The monoisotopic (exact) mass is 224 g/mol. The summed E-state index contributed by atoms with van der Waals surface area (Å²) in [6.07, 6.45) is 8.79. The van der Waals surface area contributed by atoms with Crippen molar-refractivity contribution in [2.24, 2.45) is 22.7 Å². The molecule has 96 valence electrons. The summed E-state index contributed by atoms with van der Waals surface area (Å²) < 4.78 is 0. The first-order valence-electron chi connectivity index (χ1n) is 7.16. The summed E-state index contributed by atoms with van der Waals surface area (Å²) in [5, 5.41) is 0. The van der Waals surface area contributed by atoms with Crippen LogP contribution in [0.15, 0.2) is 0 Å². The quantitative estimate of drug-likeness (QED) is 0.580. The van der Waals surface area contributed by atoms with Gasteiger partial charge in [-0.05, 0) is 48.3 Å². The molecule has 0 bridgehead atoms. The average Bonchev–Trinajstić information content (AvgIpc) is 2.44. The molecule has 1 aliphatic carbocycles. The maximum absolute atomic E-state index is 2.38. The van der Waals surface area contributed by atoms with Crippen molar-refractivity contribution in [2.75, 3.05) is 0 Å². The molecule has 0 heterocycles. The Bertz CT molecular complexity index is 201. The zero-order chi connectivity index (χ0) is 12.4. The van der Waals surface area contributed by atoms with Crippen LogP contribution in [-0.4, -0.2) is 0 Å². The van der Waals surface area contributed by atoms with E-state index in [2.05, 4.69) is 41.5 Å². The van der Waals surface area contributed by atoms with Crippen LogP contribution in [0.5, 0.6) is 0 Å². The smallest absolute Gasteiger partial charge is 0.0380 e. The molecule has 0 saturated heterocycles. The fraction of sp³-hybridized carbons (Fsp3) is 1.00. The molecule has 2 atom stereocenters. The van der Waals surface area contributed by atoms with Crippen molar-refractivity contribution in [3.63, 3.8) is 0 Å². The molecule has 0 amide bonds. The summed E-state index contributed by atoms with van der Waals surface area (Å²) in [6, 6.07) is 0.